The van der Waals surface area contributed by atoms with E-state index >= 15 is 0 Å². The van der Waals surface area contributed by atoms with Gasteiger partial charge in [0.05, 0.1) is 11.7 Å². The molecule has 2 fully saturated rings. The molecule has 0 unspecified atom stereocenters. The molecule has 0 bridgehead atoms. The van der Waals surface area contributed by atoms with Crippen molar-refractivity contribution in [1.29, 1.82) is 0 Å². The molecule has 2 amide bonds. The normalized spacial score (nSPS) is 20.0. The number of carbonyl (C=O) groups excluding carboxylic acids is 2. The number of nitrogens with one attached hydrogen (secondary N) is 2. The smallest absolute Gasteiger partial charge is 0.245 e. The van der Waals surface area contributed by atoms with E-state index in [9.17, 15) is 14.0 Å². The Labute approximate surface area is 190 Å². The topological polar surface area (TPSA) is 100 Å². The van der Waals surface area contributed by atoms with E-state index in [1.54, 1.807) is 35.5 Å². The van der Waals surface area contributed by atoms with Crippen molar-refractivity contribution >= 4 is 23.3 Å². The summed E-state index contributed by atoms with van der Waals surface area (Å²) >= 11 is 0. The molecule has 2 atom stereocenters. The maximum Gasteiger partial charge on any atom is 0.245 e. The molecule has 5 rings (SSSR count). The fraction of sp³-hybridized carbons (Fsp3) is 0.292. The van der Waals surface area contributed by atoms with Crippen LogP contribution in [0.5, 0.6) is 0 Å². The number of anilines is 2. The van der Waals surface area contributed by atoms with Crippen LogP contribution in [0.15, 0.2) is 54.9 Å². The van der Waals surface area contributed by atoms with E-state index in [0.717, 1.165) is 18.4 Å². The lowest BCUT2D eigenvalue weighted by atomic mass is 10.1. The molecule has 0 aliphatic carbocycles. The van der Waals surface area contributed by atoms with Crippen LogP contribution in [0.1, 0.15) is 37.5 Å². The highest BCUT2D eigenvalue weighted by Crippen LogP contribution is 2.33. The zero-order chi connectivity index (χ0) is 22.8. The quantitative estimate of drug-likeness (QED) is 0.623. The average Bonchev–Trinajstić information content (AvgIpc) is 3.48. The zero-order valence-corrected chi connectivity index (χ0v) is 17.9. The molecule has 2 saturated heterocycles. The van der Waals surface area contributed by atoms with E-state index < -0.39 is 6.04 Å². The van der Waals surface area contributed by atoms with Gasteiger partial charge < -0.3 is 15.5 Å². The van der Waals surface area contributed by atoms with Gasteiger partial charge in [0.1, 0.15) is 17.7 Å². The number of halogens is 1. The number of likely N-dealkylation sites (tertiary alicyclic amines) is 1. The lowest BCUT2D eigenvalue weighted by Gasteiger charge is -2.27. The molecule has 3 aromatic rings. The van der Waals surface area contributed by atoms with E-state index in [0.29, 0.717) is 42.4 Å². The van der Waals surface area contributed by atoms with Gasteiger partial charge in [0, 0.05) is 42.7 Å². The van der Waals surface area contributed by atoms with Crippen molar-refractivity contribution in [3.8, 4) is 11.3 Å². The number of amides is 2. The molecule has 4 heterocycles. The SMILES string of the molecule is O=C1CC[C@@H](C(=O)N2CCC[C@H]2c2nc(Nc3cccc(F)c3)cc(-c3ccncc3)n2)N1. The Morgan fingerprint density at radius 3 is 2.73 bits per heavy atom. The molecule has 2 aliphatic rings. The minimum Gasteiger partial charge on any atom is -0.344 e. The number of pyridine rings is 1. The molecule has 0 saturated carbocycles. The summed E-state index contributed by atoms with van der Waals surface area (Å²) in [5.41, 5.74) is 2.10. The Bertz CT molecular complexity index is 1190. The summed E-state index contributed by atoms with van der Waals surface area (Å²) in [5.74, 6) is 0.474. The molecule has 0 radical (unpaired) electrons. The second kappa shape index (κ2) is 8.93. The van der Waals surface area contributed by atoms with Crippen LogP contribution >= 0.6 is 0 Å². The third kappa shape index (κ3) is 4.52. The molecule has 2 aliphatic heterocycles. The van der Waals surface area contributed by atoms with E-state index in [1.165, 1.54) is 12.1 Å². The number of benzene rings is 1. The largest absolute Gasteiger partial charge is 0.344 e. The Morgan fingerprint density at radius 2 is 1.97 bits per heavy atom. The Balaban J connectivity index is 1.50. The van der Waals surface area contributed by atoms with E-state index in [1.807, 2.05) is 12.1 Å². The van der Waals surface area contributed by atoms with Crippen molar-refractivity contribution in [3.05, 3.63) is 66.5 Å². The third-order valence-electron chi connectivity index (χ3n) is 5.94. The molecule has 2 aromatic heterocycles. The van der Waals surface area contributed by atoms with Crippen LogP contribution in [0, 0.1) is 5.82 Å². The van der Waals surface area contributed by atoms with Gasteiger partial charge in [0.15, 0.2) is 5.82 Å². The lowest BCUT2D eigenvalue weighted by molar-refractivity contribution is -0.135. The van der Waals surface area contributed by atoms with Gasteiger partial charge in [-0.15, -0.1) is 0 Å². The first-order valence-corrected chi connectivity index (χ1v) is 11.0. The van der Waals surface area contributed by atoms with Gasteiger partial charge in [-0.3, -0.25) is 14.6 Å². The maximum atomic E-state index is 13.7. The molecule has 1 aromatic carbocycles. The van der Waals surface area contributed by atoms with Gasteiger partial charge in [-0.25, -0.2) is 14.4 Å². The fourth-order valence-corrected chi connectivity index (χ4v) is 4.36. The highest BCUT2D eigenvalue weighted by atomic mass is 19.1. The standard InChI is InChI=1S/C24H23FN6O2/c25-16-3-1-4-17(13-16)27-21-14-19(15-8-10-26-11-9-15)29-23(30-21)20-5-2-12-31(20)24(33)18-6-7-22(32)28-18/h1,3-4,8-11,13-14,18,20H,2,5-7,12H2,(H,28,32)(H,27,29,30)/t18-,20-/m0/s1. The minimum absolute atomic E-state index is 0.0957. The first-order chi connectivity index (χ1) is 16.1. The third-order valence-corrected chi connectivity index (χ3v) is 5.94. The van der Waals surface area contributed by atoms with Crippen molar-refractivity contribution < 1.29 is 14.0 Å². The molecular formula is C24H23FN6O2. The van der Waals surface area contributed by atoms with Crippen LogP contribution in [0.25, 0.3) is 11.3 Å². The van der Waals surface area contributed by atoms with Gasteiger partial charge in [-0.1, -0.05) is 6.07 Å². The fourth-order valence-electron chi connectivity index (χ4n) is 4.36. The predicted octanol–water partition coefficient (Wildman–Crippen LogP) is 3.36. The first kappa shape index (κ1) is 21.0. The van der Waals surface area contributed by atoms with Crippen LogP contribution in [-0.2, 0) is 9.59 Å². The van der Waals surface area contributed by atoms with Crippen molar-refractivity contribution in [3.63, 3.8) is 0 Å². The van der Waals surface area contributed by atoms with E-state index in [4.69, 9.17) is 9.97 Å². The van der Waals surface area contributed by atoms with Crippen molar-refractivity contribution in [2.24, 2.45) is 0 Å². The number of nitrogens with zero attached hydrogens (tertiary/aromatic N) is 4. The number of aromatic nitrogens is 3. The summed E-state index contributed by atoms with van der Waals surface area (Å²) in [5, 5.41) is 5.92. The molecular weight excluding hydrogens is 423 g/mol. The summed E-state index contributed by atoms with van der Waals surface area (Å²) < 4.78 is 13.7. The highest BCUT2D eigenvalue weighted by Gasteiger charge is 2.38. The average molecular weight is 446 g/mol. The monoisotopic (exact) mass is 446 g/mol. The molecule has 0 spiro atoms. The summed E-state index contributed by atoms with van der Waals surface area (Å²) in [6.07, 6.45) is 5.80. The summed E-state index contributed by atoms with van der Waals surface area (Å²) in [6, 6.07) is 10.8. The summed E-state index contributed by atoms with van der Waals surface area (Å²) in [7, 11) is 0. The Hall–Kier alpha value is -3.88. The molecule has 168 valence electrons. The number of carbonyl (C=O) groups is 2. The van der Waals surface area contributed by atoms with Crippen LogP contribution < -0.4 is 10.6 Å². The summed E-state index contributed by atoms with van der Waals surface area (Å²) in [4.78, 5) is 40.1. The van der Waals surface area contributed by atoms with Crippen LogP contribution in [0.4, 0.5) is 15.9 Å². The Kier molecular flexibility index (Phi) is 5.68. The highest BCUT2D eigenvalue weighted by molar-refractivity contribution is 5.91. The number of rotatable bonds is 5. The molecule has 33 heavy (non-hydrogen) atoms. The van der Waals surface area contributed by atoms with Crippen molar-refractivity contribution in [1.82, 2.24) is 25.2 Å². The van der Waals surface area contributed by atoms with Crippen LogP contribution in [0.2, 0.25) is 0 Å². The second-order valence-electron chi connectivity index (χ2n) is 8.22. The zero-order valence-electron chi connectivity index (χ0n) is 17.9. The van der Waals surface area contributed by atoms with Gasteiger partial charge in [0.2, 0.25) is 11.8 Å². The van der Waals surface area contributed by atoms with Crippen molar-refractivity contribution in [2.45, 2.75) is 37.8 Å². The number of hydrogen-bond acceptors (Lipinski definition) is 6. The predicted molar refractivity (Wildman–Crippen MR) is 120 cm³/mol. The maximum absolute atomic E-state index is 13.7. The lowest BCUT2D eigenvalue weighted by Crippen LogP contribution is -2.44. The van der Waals surface area contributed by atoms with Gasteiger partial charge in [-0.05, 0) is 49.6 Å². The van der Waals surface area contributed by atoms with Gasteiger partial charge >= 0.3 is 0 Å². The minimum atomic E-state index is -0.494. The molecule has 8 nitrogen and oxygen atoms in total. The number of hydrogen-bond donors (Lipinski definition) is 2. The van der Waals surface area contributed by atoms with Crippen LogP contribution in [-0.4, -0.2) is 44.3 Å². The van der Waals surface area contributed by atoms with Crippen molar-refractivity contribution in [2.75, 3.05) is 11.9 Å². The molecule has 9 heteroatoms. The van der Waals surface area contributed by atoms with Gasteiger partial charge in [-0.2, -0.15) is 0 Å². The Morgan fingerprint density at radius 1 is 1.12 bits per heavy atom. The first-order valence-electron chi connectivity index (χ1n) is 11.0. The van der Waals surface area contributed by atoms with E-state index in [-0.39, 0.29) is 23.7 Å². The van der Waals surface area contributed by atoms with Gasteiger partial charge in [0.25, 0.3) is 0 Å². The summed E-state index contributed by atoms with van der Waals surface area (Å²) in [6.45, 7) is 0.589. The second-order valence-corrected chi connectivity index (χ2v) is 8.22. The molecule has 2 N–H and O–H groups in total. The van der Waals surface area contributed by atoms with Crippen LogP contribution in [0.3, 0.4) is 0 Å². The van der Waals surface area contributed by atoms with E-state index in [2.05, 4.69) is 15.6 Å².